The Labute approximate surface area is 95.8 Å². The van der Waals surface area contributed by atoms with Crippen LogP contribution in [0.4, 0.5) is 0 Å². The summed E-state index contributed by atoms with van der Waals surface area (Å²) >= 11 is 0. The van der Waals surface area contributed by atoms with Gasteiger partial charge in [-0.3, -0.25) is 0 Å². The minimum absolute atomic E-state index is 1.24. The zero-order valence-corrected chi connectivity index (χ0v) is 10.9. The lowest BCUT2D eigenvalue weighted by atomic mass is 10.0. The lowest BCUT2D eigenvalue weighted by Crippen LogP contribution is -2.48. The molecule has 1 heterocycles. The number of hydrogen-bond donors (Lipinski definition) is 0. The third kappa shape index (κ3) is 4.38. The van der Waals surface area contributed by atoms with Crippen molar-refractivity contribution in [2.75, 3.05) is 26.7 Å². The number of allylic oxidation sites excluding steroid dienone is 1. The number of likely N-dealkylation sites (N-methyl/N-ethyl adjacent to an activating group) is 1. The predicted octanol–water partition coefficient (Wildman–Crippen LogP) is 3.75. The molecule has 0 radical (unpaired) electrons. The van der Waals surface area contributed by atoms with E-state index in [1.807, 2.05) is 0 Å². The van der Waals surface area contributed by atoms with Crippen LogP contribution in [0.1, 0.15) is 52.4 Å². The minimum Gasteiger partial charge on any atom is -0.323 e. The first-order valence-corrected chi connectivity index (χ1v) is 6.71. The van der Waals surface area contributed by atoms with E-state index in [9.17, 15) is 0 Å². The van der Waals surface area contributed by atoms with Crippen LogP contribution in [-0.2, 0) is 0 Å². The highest BCUT2D eigenvalue weighted by molar-refractivity contribution is 5.01. The second-order valence-electron chi connectivity index (χ2n) is 5.29. The number of rotatable bonds is 5. The van der Waals surface area contributed by atoms with Gasteiger partial charge in [0, 0.05) is 0 Å². The molecule has 88 valence electrons. The van der Waals surface area contributed by atoms with E-state index in [1.54, 1.807) is 5.57 Å². The molecule has 1 fully saturated rings. The molecule has 1 aliphatic rings. The smallest absolute Gasteiger partial charge is 0.100 e. The Bertz CT molecular complexity index is 199. The van der Waals surface area contributed by atoms with Crippen molar-refractivity contribution >= 4 is 0 Å². The third-order valence-corrected chi connectivity index (χ3v) is 3.66. The lowest BCUT2D eigenvalue weighted by Gasteiger charge is -2.38. The molecule has 0 spiro atoms. The van der Waals surface area contributed by atoms with Crippen LogP contribution in [0.5, 0.6) is 0 Å². The zero-order valence-electron chi connectivity index (χ0n) is 10.9. The fourth-order valence-corrected chi connectivity index (χ4v) is 2.59. The summed E-state index contributed by atoms with van der Waals surface area (Å²) in [6.45, 7) is 8.65. The molecular weight excluding hydrogens is 182 g/mol. The molecule has 0 N–H and O–H groups in total. The number of quaternary nitrogens is 1. The van der Waals surface area contributed by atoms with Gasteiger partial charge >= 0.3 is 0 Å². The van der Waals surface area contributed by atoms with Gasteiger partial charge in [-0.15, -0.1) is 0 Å². The van der Waals surface area contributed by atoms with Gasteiger partial charge in [0.25, 0.3) is 0 Å². The Balaban J connectivity index is 2.48. The van der Waals surface area contributed by atoms with Crippen molar-refractivity contribution in [3.8, 4) is 0 Å². The summed E-state index contributed by atoms with van der Waals surface area (Å²) in [6, 6.07) is 0. The Morgan fingerprint density at radius 3 is 2.33 bits per heavy atom. The first-order chi connectivity index (χ1) is 7.20. The number of hydrogen-bond acceptors (Lipinski definition) is 0. The summed E-state index contributed by atoms with van der Waals surface area (Å²) in [5.74, 6) is 0. The van der Waals surface area contributed by atoms with Crippen molar-refractivity contribution in [2.24, 2.45) is 0 Å². The highest BCUT2D eigenvalue weighted by Crippen LogP contribution is 2.19. The van der Waals surface area contributed by atoms with E-state index in [0.717, 1.165) is 0 Å². The quantitative estimate of drug-likeness (QED) is 0.479. The van der Waals surface area contributed by atoms with Crippen molar-refractivity contribution in [3.63, 3.8) is 0 Å². The van der Waals surface area contributed by atoms with Gasteiger partial charge in [0.05, 0.1) is 20.1 Å². The van der Waals surface area contributed by atoms with E-state index in [2.05, 4.69) is 27.0 Å². The van der Waals surface area contributed by atoms with Crippen LogP contribution in [0.2, 0.25) is 0 Å². The van der Waals surface area contributed by atoms with Crippen molar-refractivity contribution < 1.29 is 4.48 Å². The molecule has 0 bridgehead atoms. The Hall–Kier alpha value is -0.300. The van der Waals surface area contributed by atoms with Crippen LogP contribution in [0.15, 0.2) is 11.6 Å². The molecule has 0 amide bonds. The van der Waals surface area contributed by atoms with Crippen LogP contribution in [-0.4, -0.2) is 31.2 Å². The number of likely N-dealkylation sites (tertiary alicyclic amines) is 1. The molecule has 0 aromatic heterocycles. The summed E-state index contributed by atoms with van der Waals surface area (Å²) in [5.41, 5.74) is 1.68. The van der Waals surface area contributed by atoms with Crippen LogP contribution in [0.3, 0.4) is 0 Å². The molecule has 1 aliphatic heterocycles. The number of piperidine rings is 1. The molecule has 1 heteroatoms. The van der Waals surface area contributed by atoms with E-state index in [1.165, 1.54) is 62.6 Å². The van der Waals surface area contributed by atoms with Gasteiger partial charge in [-0.05, 0) is 37.7 Å². The van der Waals surface area contributed by atoms with Gasteiger partial charge in [-0.25, -0.2) is 0 Å². The zero-order chi connectivity index (χ0) is 11.1. The van der Waals surface area contributed by atoms with Crippen molar-refractivity contribution in [3.05, 3.63) is 11.6 Å². The van der Waals surface area contributed by atoms with Gasteiger partial charge in [0.2, 0.25) is 0 Å². The number of unbranched alkanes of at least 4 members (excludes halogenated alkanes) is 1. The molecule has 0 saturated carbocycles. The maximum Gasteiger partial charge on any atom is 0.100 e. The first-order valence-electron chi connectivity index (χ1n) is 6.71. The average Bonchev–Trinajstić information content (AvgIpc) is 2.25. The van der Waals surface area contributed by atoms with Crippen molar-refractivity contribution in [2.45, 2.75) is 52.4 Å². The molecule has 0 aliphatic carbocycles. The highest BCUT2D eigenvalue weighted by Gasteiger charge is 2.24. The molecule has 0 unspecified atom stereocenters. The summed E-state index contributed by atoms with van der Waals surface area (Å²) < 4.78 is 1.30. The van der Waals surface area contributed by atoms with Crippen LogP contribution in [0, 0.1) is 0 Å². The monoisotopic (exact) mass is 210 g/mol. The molecule has 15 heavy (non-hydrogen) atoms. The normalized spacial score (nSPS) is 21.7. The molecule has 0 aromatic carbocycles. The Morgan fingerprint density at radius 1 is 1.13 bits per heavy atom. The molecule has 0 atom stereocenters. The predicted molar refractivity (Wildman–Crippen MR) is 67.9 cm³/mol. The molecular formula is C14H28N+. The summed E-state index contributed by atoms with van der Waals surface area (Å²) in [7, 11) is 2.44. The second kappa shape index (κ2) is 6.32. The summed E-state index contributed by atoms with van der Waals surface area (Å²) in [5, 5.41) is 0. The van der Waals surface area contributed by atoms with E-state index >= 15 is 0 Å². The van der Waals surface area contributed by atoms with Gasteiger partial charge in [-0.2, -0.15) is 0 Å². The Kier molecular flexibility index (Phi) is 5.38. The largest absolute Gasteiger partial charge is 0.323 e. The van der Waals surface area contributed by atoms with Gasteiger partial charge in [0.1, 0.15) is 6.54 Å². The molecule has 1 saturated heterocycles. The first kappa shape index (κ1) is 12.8. The highest BCUT2D eigenvalue weighted by atomic mass is 15.3. The van der Waals surface area contributed by atoms with E-state index in [-0.39, 0.29) is 0 Å². The van der Waals surface area contributed by atoms with Crippen molar-refractivity contribution in [1.29, 1.82) is 0 Å². The van der Waals surface area contributed by atoms with Crippen LogP contribution in [0.25, 0.3) is 0 Å². The van der Waals surface area contributed by atoms with Crippen molar-refractivity contribution in [1.82, 2.24) is 0 Å². The average molecular weight is 210 g/mol. The Morgan fingerprint density at radius 2 is 1.80 bits per heavy atom. The third-order valence-electron chi connectivity index (χ3n) is 3.66. The van der Waals surface area contributed by atoms with E-state index in [0.29, 0.717) is 0 Å². The second-order valence-corrected chi connectivity index (χ2v) is 5.29. The summed E-state index contributed by atoms with van der Waals surface area (Å²) in [4.78, 5) is 0. The lowest BCUT2D eigenvalue weighted by molar-refractivity contribution is -0.909. The maximum atomic E-state index is 2.48. The molecule has 1 nitrogen and oxygen atoms in total. The maximum absolute atomic E-state index is 2.48. The van der Waals surface area contributed by atoms with E-state index in [4.69, 9.17) is 0 Å². The van der Waals surface area contributed by atoms with Gasteiger partial charge in [0.15, 0.2) is 0 Å². The van der Waals surface area contributed by atoms with Gasteiger partial charge in [-0.1, -0.05) is 26.3 Å². The number of nitrogens with zero attached hydrogens (tertiary/aromatic N) is 1. The SMILES string of the molecule is CCC/C=C(\CC)C[N+]1(C)CCCCC1. The van der Waals surface area contributed by atoms with Gasteiger partial charge < -0.3 is 4.48 Å². The topological polar surface area (TPSA) is 0 Å². The minimum atomic E-state index is 1.24. The van der Waals surface area contributed by atoms with E-state index < -0.39 is 0 Å². The standard InChI is InChI=1S/C14H28N/c1-4-6-10-14(5-2)13-15(3)11-8-7-9-12-15/h10H,4-9,11-13H2,1-3H3/q+1/b14-10+. The molecule has 0 aromatic rings. The molecule has 1 rings (SSSR count). The fraction of sp³-hybridized carbons (Fsp3) is 0.857. The van der Waals surface area contributed by atoms with Crippen LogP contribution >= 0.6 is 0 Å². The van der Waals surface area contributed by atoms with Crippen LogP contribution < -0.4 is 0 Å². The summed E-state index contributed by atoms with van der Waals surface area (Å²) in [6.07, 6.45) is 10.6. The fourth-order valence-electron chi connectivity index (χ4n) is 2.59.